The number of likely N-dealkylation sites (tertiary alicyclic amines) is 1. The molecule has 1 aromatic carbocycles. The number of hydrogen-bond donors (Lipinski definition) is 2. The Morgan fingerprint density at radius 1 is 1.23 bits per heavy atom. The lowest BCUT2D eigenvalue weighted by molar-refractivity contribution is -0.136. The van der Waals surface area contributed by atoms with Gasteiger partial charge in [-0.1, -0.05) is 30.3 Å². The smallest absolute Gasteiger partial charge is 0.227 e. The van der Waals surface area contributed by atoms with E-state index in [2.05, 4.69) is 17.4 Å². The van der Waals surface area contributed by atoms with Gasteiger partial charge in [0.25, 0.3) is 0 Å². The van der Waals surface area contributed by atoms with E-state index in [1.54, 1.807) is 0 Å². The zero-order valence-electron chi connectivity index (χ0n) is 12.4. The number of benzene rings is 1. The Labute approximate surface area is 136 Å². The second-order valence-corrected chi connectivity index (χ2v) is 5.96. The van der Waals surface area contributed by atoms with E-state index in [1.165, 1.54) is 5.56 Å². The first-order chi connectivity index (χ1) is 10.1. The molecule has 2 aliphatic rings. The lowest BCUT2D eigenvalue weighted by atomic mass is 9.95. The quantitative estimate of drug-likeness (QED) is 0.848. The van der Waals surface area contributed by atoms with E-state index in [1.807, 2.05) is 23.1 Å². The molecule has 2 aliphatic heterocycles. The summed E-state index contributed by atoms with van der Waals surface area (Å²) in [6, 6.07) is 10.1. The maximum absolute atomic E-state index is 12.5. The summed E-state index contributed by atoms with van der Waals surface area (Å²) in [5.41, 5.74) is 7.42. The Morgan fingerprint density at radius 3 is 2.59 bits per heavy atom. The summed E-state index contributed by atoms with van der Waals surface area (Å²) in [6.07, 6.45) is 1.09. The van der Waals surface area contributed by atoms with E-state index in [-0.39, 0.29) is 42.1 Å². The minimum atomic E-state index is -0.0931. The Kier molecular flexibility index (Phi) is 5.42. The van der Waals surface area contributed by atoms with E-state index >= 15 is 0 Å². The number of carbonyl (C=O) groups is 2. The van der Waals surface area contributed by atoms with E-state index in [4.69, 9.17) is 5.73 Å². The Hall–Kier alpha value is -1.59. The molecule has 3 rings (SSSR count). The van der Waals surface area contributed by atoms with Crippen LogP contribution in [0.1, 0.15) is 24.3 Å². The standard InChI is InChI=1S/C16H21N3O2.ClH/c17-14-10-19(9-13(14)11-4-2-1-3-5-11)16(21)12-6-7-15(20)18-8-12;/h1-5,12-14H,6-10,17H2,(H,18,20);1H/t12?,13-,14+;/m0./s1. The third-order valence-corrected chi connectivity index (χ3v) is 4.52. The van der Waals surface area contributed by atoms with Gasteiger partial charge in [-0.3, -0.25) is 9.59 Å². The van der Waals surface area contributed by atoms with Crippen LogP contribution >= 0.6 is 12.4 Å². The second kappa shape index (κ2) is 7.11. The van der Waals surface area contributed by atoms with Crippen molar-refractivity contribution >= 4 is 24.2 Å². The van der Waals surface area contributed by atoms with Gasteiger partial charge in [-0.05, 0) is 12.0 Å². The zero-order chi connectivity index (χ0) is 14.8. The summed E-state index contributed by atoms with van der Waals surface area (Å²) in [5.74, 6) is 0.279. The van der Waals surface area contributed by atoms with Crippen LogP contribution in [0.15, 0.2) is 30.3 Å². The molecular formula is C16H22ClN3O2. The SMILES string of the molecule is Cl.N[C@@H]1CN(C(=O)C2CCC(=O)NC2)C[C@H]1c1ccccc1. The van der Waals surface area contributed by atoms with Crippen LogP contribution in [-0.4, -0.2) is 42.4 Å². The van der Waals surface area contributed by atoms with Crippen molar-refractivity contribution in [2.75, 3.05) is 19.6 Å². The molecule has 0 saturated carbocycles. The second-order valence-electron chi connectivity index (χ2n) is 5.96. The van der Waals surface area contributed by atoms with E-state index in [9.17, 15) is 9.59 Å². The van der Waals surface area contributed by atoms with Gasteiger partial charge in [0.2, 0.25) is 11.8 Å². The lowest BCUT2D eigenvalue weighted by Crippen LogP contribution is -2.44. The van der Waals surface area contributed by atoms with Gasteiger partial charge in [-0.25, -0.2) is 0 Å². The predicted molar refractivity (Wildman–Crippen MR) is 86.7 cm³/mol. The minimum absolute atomic E-state index is 0. The molecule has 3 N–H and O–H groups in total. The molecule has 0 aliphatic carbocycles. The fourth-order valence-electron chi connectivity index (χ4n) is 3.26. The lowest BCUT2D eigenvalue weighted by Gasteiger charge is -2.26. The van der Waals surface area contributed by atoms with Gasteiger partial charge in [0, 0.05) is 38.0 Å². The normalized spacial score (nSPS) is 28.0. The summed E-state index contributed by atoms with van der Waals surface area (Å²) in [5, 5.41) is 2.77. The van der Waals surface area contributed by atoms with Gasteiger partial charge in [-0.2, -0.15) is 0 Å². The highest BCUT2D eigenvalue weighted by Gasteiger charge is 2.37. The van der Waals surface area contributed by atoms with Crippen molar-refractivity contribution in [2.24, 2.45) is 11.7 Å². The van der Waals surface area contributed by atoms with Gasteiger partial charge in [0.15, 0.2) is 0 Å². The first-order valence-corrected chi connectivity index (χ1v) is 7.51. The number of nitrogens with two attached hydrogens (primary N) is 1. The number of nitrogens with one attached hydrogen (secondary N) is 1. The molecule has 0 spiro atoms. The number of rotatable bonds is 2. The highest BCUT2D eigenvalue weighted by atomic mass is 35.5. The van der Waals surface area contributed by atoms with Gasteiger partial charge >= 0.3 is 0 Å². The van der Waals surface area contributed by atoms with Crippen molar-refractivity contribution in [3.05, 3.63) is 35.9 Å². The molecule has 22 heavy (non-hydrogen) atoms. The number of hydrogen-bond acceptors (Lipinski definition) is 3. The summed E-state index contributed by atoms with van der Waals surface area (Å²) < 4.78 is 0. The van der Waals surface area contributed by atoms with Crippen molar-refractivity contribution in [3.63, 3.8) is 0 Å². The average molecular weight is 324 g/mol. The van der Waals surface area contributed by atoms with Crippen LogP contribution in [0.25, 0.3) is 0 Å². The molecule has 0 radical (unpaired) electrons. The van der Waals surface area contributed by atoms with E-state index in [0.717, 1.165) is 0 Å². The van der Waals surface area contributed by atoms with Crippen molar-refractivity contribution in [3.8, 4) is 0 Å². The van der Waals surface area contributed by atoms with E-state index < -0.39 is 0 Å². The monoisotopic (exact) mass is 323 g/mol. The van der Waals surface area contributed by atoms with E-state index in [0.29, 0.717) is 32.5 Å². The topological polar surface area (TPSA) is 75.4 Å². The molecule has 1 unspecified atom stereocenters. The third kappa shape index (κ3) is 3.42. The minimum Gasteiger partial charge on any atom is -0.355 e. The summed E-state index contributed by atoms with van der Waals surface area (Å²) >= 11 is 0. The van der Waals surface area contributed by atoms with Crippen molar-refractivity contribution in [1.82, 2.24) is 10.2 Å². The molecule has 2 saturated heterocycles. The van der Waals surface area contributed by atoms with Crippen LogP contribution in [0.2, 0.25) is 0 Å². The number of piperidine rings is 1. The highest BCUT2D eigenvalue weighted by Crippen LogP contribution is 2.28. The summed E-state index contributed by atoms with van der Waals surface area (Å²) in [4.78, 5) is 25.6. The summed E-state index contributed by atoms with van der Waals surface area (Å²) in [7, 11) is 0. The molecule has 3 atom stereocenters. The fraction of sp³-hybridized carbons (Fsp3) is 0.500. The highest BCUT2D eigenvalue weighted by molar-refractivity contribution is 5.85. The Balaban J connectivity index is 0.00000176. The van der Waals surface area contributed by atoms with Crippen LogP contribution in [0.3, 0.4) is 0 Å². The molecule has 0 aromatic heterocycles. The number of nitrogens with zero attached hydrogens (tertiary/aromatic N) is 1. The predicted octanol–water partition coefficient (Wildman–Crippen LogP) is 0.888. The molecular weight excluding hydrogens is 302 g/mol. The maximum atomic E-state index is 12.5. The molecule has 2 fully saturated rings. The first kappa shape index (κ1) is 16.8. The van der Waals surface area contributed by atoms with Gasteiger partial charge in [0.05, 0.1) is 5.92 Å². The molecule has 2 amide bonds. The van der Waals surface area contributed by atoms with Crippen molar-refractivity contribution in [2.45, 2.75) is 24.8 Å². The molecule has 0 bridgehead atoms. The van der Waals surface area contributed by atoms with Crippen LogP contribution in [0, 0.1) is 5.92 Å². The molecule has 6 heteroatoms. The molecule has 1 aromatic rings. The number of halogens is 1. The first-order valence-electron chi connectivity index (χ1n) is 7.51. The largest absolute Gasteiger partial charge is 0.355 e. The van der Waals surface area contributed by atoms with Crippen molar-refractivity contribution < 1.29 is 9.59 Å². The molecule has 120 valence electrons. The van der Waals surface area contributed by atoms with Crippen LogP contribution in [0.4, 0.5) is 0 Å². The Bertz CT molecular complexity index is 527. The maximum Gasteiger partial charge on any atom is 0.227 e. The number of carbonyl (C=O) groups excluding carboxylic acids is 2. The summed E-state index contributed by atoms with van der Waals surface area (Å²) in [6.45, 7) is 1.73. The van der Waals surface area contributed by atoms with Crippen LogP contribution in [-0.2, 0) is 9.59 Å². The fourth-order valence-corrected chi connectivity index (χ4v) is 3.26. The van der Waals surface area contributed by atoms with Crippen LogP contribution in [0.5, 0.6) is 0 Å². The van der Waals surface area contributed by atoms with Crippen molar-refractivity contribution in [1.29, 1.82) is 0 Å². The number of amides is 2. The van der Waals surface area contributed by atoms with Gasteiger partial charge in [-0.15, -0.1) is 12.4 Å². The zero-order valence-corrected chi connectivity index (χ0v) is 13.2. The third-order valence-electron chi connectivity index (χ3n) is 4.52. The Morgan fingerprint density at radius 2 is 1.95 bits per heavy atom. The van der Waals surface area contributed by atoms with Crippen LogP contribution < -0.4 is 11.1 Å². The average Bonchev–Trinajstić information content (AvgIpc) is 2.90. The molecule has 2 heterocycles. The molecule has 5 nitrogen and oxygen atoms in total. The van der Waals surface area contributed by atoms with Gasteiger partial charge < -0.3 is 16.0 Å². The van der Waals surface area contributed by atoms with Gasteiger partial charge in [0.1, 0.15) is 0 Å².